The number of ketones is 1. The summed E-state index contributed by atoms with van der Waals surface area (Å²) in [5.74, 6) is -0.650. The molecule has 4 heteroatoms. The van der Waals surface area contributed by atoms with Gasteiger partial charge in [0.05, 0.1) is 11.3 Å². The van der Waals surface area contributed by atoms with Gasteiger partial charge in [0.25, 0.3) is 5.91 Å². The number of halogens is 1. The summed E-state index contributed by atoms with van der Waals surface area (Å²) in [6, 6.07) is 13.9. The van der Waals surface area contributed by atoms with Crippen molar-refractivity contribution in [2.24, 2.45) is 0 Å². The molecule has 1 aliphatic rings. The standard InChI is InChI=1S/C16H10ClNO2/c17-11-7-5-10(6-8-11)9-13-15(19)12-3-1-2-4-14(12)18-16(13)20/h1-9H,(H,18,20)/b13-9+. The van der Waals surface area contributed by atoms with E-state index < -0.39 is 0 Å². The second kappa shape index (κ2) is 4.94. The minimum Gasteiger partial charge on any atom is -0.321 e. The molecule has 2 aromatic rings. The maximum absolute atomic E-state index is 12.3. The summed E-state index contributed by atoms with van der Waals surface area (Å²) < 4.78 is 0. The molecule has 20 heavy (non-hydrogen) atoms. The van der Waals surface area contributed by atoms with Crippen LogP contribution in [0.4, 0.5) is 5.69 Å². The Balaban J connectivity index is 2.04. The van der Waals surface area contributed by atoms with Crippen molar-refractivity contribution < 1.29 is 9.59 Å². The number of rotatable bonds is 1. The van der Waals surface area contributed by atoms with Gasteiger partial charge in [0, 0.05) is 10.6 Å². The first kappa shape index (κ1) is 12.6. The number of carbonyl (C=O) groups excluding carboxylic acids is 2. The molecule has 3 rings (SSSR count). The number of carbonyl (C=O) groups is 2. The highest BCUT2D eigenvalue weighted by atomic mass is 35.5. The fourth-order valence-corrected chi connectivity index (χ4v) is 2.21. The predicted octanol–water partition coefficient (Wildman–Crippen LogP) is 3.56. The van der Waals surface area contributed by atoms with Gasteiger partial charge in [-0.3, -0.25) is 9.59 Å². The van der Waals surface area contributed by atoms with Gasteiger partial charge >= 0.3 is 0 Å². The topological polar surface area (TPSA) is 46.2 Å². The molecule has 0 radical (unpaired) electrons. The number of benzene rings is 2. The number of amides is 1. The van der Waals surface area contributed by atoms with E-state index in [0.717, 1.165) is 5.56 Å². The molecule has 1 N–H and O–H groups in total. The van der Waals surface area contributed by atoms with Crippen molar-refractivity contribution in [3.8, 4) is 0 Å². The second-order valence-electron chi connectivity index (χ2n) is 4.44. The average molecular weight is 284 g/mol. The van der Waals surface area contributed by atoms with Crippen molar-refractivity contribution in [3.63, 3.8) is 0 Å². The summed E-state index contributed by atoms with van der Waals surface area (Å²) in [6.45, 7) is 0. The average Bonchev–Trinajstić information content (AvgIpc) is 2.45. The molecule has 0 aliphatic carbocycles. The fraction of sp³-hybridized carbons (Fsp3) is 0. The van der Waals surface area contributed by atoms with E-state index in [0.29, 0.717) is 16.3 Å². The van der Waals surface area contributed by atoms with Crippen molar-refractivity contribution in [1.82, 2.24) is 0 Å². The number of anilines is 1. The molecule has 0 atom stereocenters. The van der Waals surface area contributed by atoms with E-state index in [1.165, 1.54) is 0 Å². The predicted molar refractivity (Wildman–Crippen MR) is 78.8 cm³/mol. The molecular formula is C16H10ClNO2. The molecule has 0 unspecified atom stereocenters. The van der Waals surface area contributed by atoms with Gasteiger partial charge in [0.1, 0.15) is 0 Å². The lowest BCUT2D eigenvalue weighted by molar-refractivity contribution is -0.112. The summed E-state index contributed by atoms with van der Waals surface area (Å²) >= 11 is 5.81. The van der Waals surface area contributed by atoms with Crippen LogP contribution in [-0.4, -0.2) is 11.7 Å². The quantitative estimate of drug-likeness (QED) is 0.642. The van der Waals surface area contributed by atoms with E-state index >= 15 is 0 Å². The maximum Gasteiger partial charge on any atom is 0.259 e. The monoisotopic (exact) mass is 283 g/mol. The zero-order valence-corrected chi connectivity index (χ0v) is 11.1. The molecule has 0 saturated carbocycles. The molecule has 3 nitrogen and oxygen atoms in total. The smallest absolute Gasteiger partial charge is 0.259 e. The lowest BCUT2D eigenvalue weighted by Gasteiger charge is -2.17. The minimum absolute atomic E-state index is 0.131. The largest absolute Gasteiger partial charge is 0.321 e. The second-order valence-corrected chi connectivity index (χ2v) is 4.87. The third-order valence-electron chi connectivity index (χ3n) is 3.09. The Morgan fingerprint density at radius 2 is 1.65 bits per heavy atom. The molecule has 0 bridgehead atoms. The summed E-state index contributed by atoms with van der Waals surface area (Å²) in [7, 11) is 0. The van der Waals surface area contributed by atoms with E-state index in [1.54, 1.807) is 54.6 Å². The first-order valence-electron chi connectivity index (χ1n) is 6.07. The van der Waals surface area contributed by atoms with Gasteiger partial charge in [-0.1, -0.05) is 35.9 Å². The lowest BCUT2D eigenvalue weighted by atomic mass is 9.95. The van der Waals surface area contributed by atoms with Gasteiger partial charge in [-0.05, 0) is 35.9 Å². The Kier molecular flexibility index (Phi) is 3.12. The summed E-state index contributed by atoms with van der Waals surface area (Å²) in [5, 5.41) is 3.33. The van der Waals surface area contributed by atoms with Crippen LogP contribution < -0.4 is 5.32 Å². The Labute approximate surface area is 120 Å². The van der Waals surface area contributed by atoms with Gasteiger partial charge in [-0.15, -0.1) is 0 Å². The number of nitrogens with one attached hydrogen (secondary N) is 1. The van der Waals surface area contributed by atoms with Crippen LogP contribution in [0.3, 0.4) is 0 Å². The van der Waals surface area contributed by atoms with Crippen LogP contribution in [0.25, 0.3) is 6.08 Å². The molecule has 0 aromatic heterocycles. The van der Waals surface area contributed by atoms with Crippen molar-refractivity contribution in [2.45, 2.75) is 0 Å². The Morgan fingerprint density at radius 1 is 0.950 bits per heavy atom. The molecule has 1 amide bonds. The van der Waals surface area contributed by atoms with Crippen LogP contribution >= 0.6 is 11.6 Å². The van der Waals surface area contributed by atoms with Crippen LogP contribution in [0.15, 0.2) is 54.1 Å². The first-order chi connectivity index (χ1) is 9.65. The zero-order valence-electron chi connectivity index (χ0n) is 10.4. The van der Waals surface area contributed by atoms with Gasteiger partial charge in [0.15, 0.2) is 0 Å². The highest BCUT2D eigenvalue weighted by Crippen LogP contribution is 2.26. The van der Waals surface area contributed by atoms with Crippen molar-refractivity contribution in [1.29, 1.82) is 0 Å². The Morgan fingerprint density at radius 3 is 2.40 bits per heavy atom. The van der Waals surface area contributed by atoms with Crippen LogP contribution in [0, 0.1) is 0 Å². The SMILES string of the molecule is O=C1Nc2ccccc2C(=O)/C1=C\c1ccc(Cl)cc1. The fourth-order valence-electron chi connectivity index (χ4n) is 2.08. The third-order valence-corrected chi connectivity index (χ3v) is 3.34. The van der Waals surface area contributed by atoms with E-state index in [4.69, 9.17) is 11.6 Å². The molecule has 0 saturated heterocycles. The van der Waals surface area contributed by atoms with Gasteiger partial charge in [-0.25, -0.2) is 0 Å². The summed E-state index contributed by atoms with van der Waals surface area (Å²) in [6.07, 6.45) is 1.57. The van der Waals surface area contributed by atoms with Crippen molar-refractivity contribution in [2.75, 3.05) is 5.32 Å². The van der Waals surface area contributed by atoms with Crippen LogP contribution in [0.5, 0.6) is 0 Å². The van der Waals surface area contributed by atoms with Gasteiger partial charge < -0.3 is 5.32 Å². The van der Waals surface area contributed by atoms with Crippen molar-refractivity contribution in [3.05, 3.63) is 70.3 Å². The maximum atomic E-state index is 12.3. The summed E-state index contributed by atoms with van der Waals surface area (Å²) in [5.41, 5.74) is 1.95. The zero-order chi connectivity index (χ0) is 14.1. The van der Waals surface area contributed by atoms with E-state index in [1.807, 2.05) is 0 Å². The highest BCUT2D eigenvalue weighted by molar-refractivity contribution is 6.36. The van der Waals surface area contributed by atoms with Crippen LogP contribution in [0.1, 0.15) is 15.9 Å². The number of fused-ring (bicyclic) bond motifs is 1. The Bertz CT molecular complexity index is 732. The van der Waals surface area contributed by atoms with Crippen LogP contribution in [-0.2, 0) is 4.79 Å². The molecule has 98 valence electrons. The normalized spacial score (nSPS) is 15.9. The van der Waals surface area contributed by atoms with Crippen molar-refractivity contribution >= 4 is 35.1 Å². The Hall–Kier alpha value is -2.39. The lowest BCUT2D eigenvalue weighted by Crippen LogP contribution is -2.27. The molecular weight excluding hydrogens is 274 g/mol. The number of para-hydroxylation sites is 1. The number of Topliss-reactive ketones (excluding diaryl/α,β-unsaturated/α-hetero) is 1. The molecule has 0 spiro atoms. The minimum atomic E-state index is -0.386. The van der Waals surface area contributed by atoms with E-state index in [2.05, 4.69) is 5.32 Å². The molecule has 2 aromatic carbocycles. The molecule has 1 aliphatic heterocycles. The van der Waals surface area contributed by atoms with Crippen LogP contribution in [0.2, 0.25) is 5.02 Å². The van der Waals surface area contributed by atoms with Gasteiger partial charge in [0.2, 0.25) is 5.78 Å². The number of hydrogen-bond donors (Lipinski definition) is 1. The van der Waals surface area contributed by atoms with E-state index in [-0.39, 0.29) is 17.3 Å². The summed E-state index contributed by atoms with van der Waals surface area (Å²) in [4.78, 5) is 24.4. The van der Waals surface area contributed by atoms with Gasteiger partial charge in [-0.2, -0.15) is 0 Å². The first-order valence-corrected chi connectivity index (χ1v) is 6.45. The third kappa shape index (κ3) is 2.24. The molecule has 0 fully saturated rings. The molecule has 1 heterocycles. The number of hydrogen-bond acceptors (Lipinski definition) is 2. The van der Waals surface area contributed by atoms with E-state index in [9.17, 15) is 9.59 Å². The highest BCUT2D eigenvalue weighted by Gasteiger charge is 2.27.